The van der Waals surface area contributed by atoms with Crippen LogP contribution in [0.2, 0.25) is 0 Å². The maximum atomic E-state index is 5.60. The topological polar surface area (TPSA) is 35.2 Å². The Morgan fingerprint density at radius 2 is 1.90 bits per heavy atom. The van der Waals surface area contributed by atoms with Gasteiger partial charge in [0.2, 0.25) is 0 Å². The van der Waals surface area contributed by atoms with Crippen molar-refractivity contribution in [3.63, 3.8) is 0 Å². The van der Waals surface area contributed by atoms with Crippen LogP contribution < -0.4 is 5.73 Å². The standard InChI is InChI=1S/C8H19NO/c1-7(6-10-3)4-5-8(2)9/h7-8H,4-6,9H2,1-3H3. The molecule has 0 heterocycles. The molecular weight excluding hydrogens is 126 g/mol. The minimum Gasteiger partial charge on any atom is -0.384 e. The van der Waals surface area contributed by atoms with Crippen molar-refractivity contribution >= 4 is 0 Å². The van der Waals surface area contributed by atoms with E-state index in [-0.39, 0.29) is 0 Å². The Bertz CT molecular complexity index is 73.7. The second kappa shape index (κ2) is 5.69. The van der Waals surface area contributed by atoms with Gasteiger partial charge in [-0.3, -0.25) is 0 Å². The molecule has 0 radical (unpaired) electrons. The number of rotatable bonds is 5. The molecule has 0 amide bonds. The van der Waals surface area contributed by atoms with Crippen LogP contribution in [0.25, 0.3) is 0 Å². The first-order valence-electron chi connectivity index (χ1n) is 3.91. The molecule has 0 spiro atoms. The molecule has 0 aromatic carbocycles. The normalized spacial score (nSPS) is 16.8. The van der Waals surface area contributed by atoms with Crippen molar-refractivity contribution in [2.24, 2.45) is 11.7 Å². The van der Waals surface area contributed by atoms with Crippen LogP contribution in [0.4, 0.5) is 0 Å². The Morgan fingerprint density at radius 3 is 2.30 bits per heavy atom. The van der Waals surface area contributed by atoms with Gasteiger partial charge in [0, 0.05) is 19.8 Å². The van der Waals surface area contributed by atoms with Crippen LogP contribution >= 0.6 is 0 Å². The third-order valence-electron chi connectivity index (χ3n) is 1.57. The number of methoxy groups -OCH3 is 1. The van der Waals surface area contributed by atoms with E-state index in [0.29, 0.717) is 12.0 Å². The quantitative estimate of drug-likeness (QED) is 0.634. The molecule has 0 aromatic heterocycles. The molecule has 2 N–H and O–H groups in total. The van der Waals surface area contributed by atoms with Gasteiger partial charge in [0.1, 0.15) is 0 Å². The van der Waals surface area contributed by atoms with Crippen LogP contribution in [0.15, 0.2) is 0 Å². The summed E-state index contributed by atoms with van der Waals surface area (Å²) >= 11 is 0. The Kier molecular flexibility index (Phi) is 5.64. The van der Waals surface area contributed by atoms with Gasteiger partial charge in [0.25, 0.3) is 0 Å². The summed E-state index contributed by atoms with van der Waals surface area (Å²) in [6.45, 7) is 5.08. The fourth-order valence-electron chi connectivity index (χ4n) is 0.915. The Labute approximate surface area is 63.7 Å². The monoisotopic (exact) mass is 145 g/mol. The van der Waals surface area contributed by atoms with E-state index in [4.69, 9.17) is 10.5 Å². The number of hydrogen-bond acceptors (Lipinski definition) is 2. The fraction of sp³-hybridized carbons (Fsp3) is 1.00. The van der Waals surface area contributed by atoms with Crippen LogP contribution in [0.5, 0.6) is 0 Å². The van der Waals surface area contributed by atoms with Gasteiger partial charge in [0.05, 0.1) is 0 Å². The summed E-state index contributed by atoms with van der Waals surface area (Å²) in [6, 6.07) is 0.333. The molecule has 2 nitrogen and oxygen atoms in total. The first-order valence-corrected chi connectivity index (χ1v) is 3.91. The molecule has 0 aliphatic carbocycles. The molecule has 2 heteroatoms. The van der Waals surface area contributed by atoms with E-state index in [1.54, 1.807) is 7.11 Å². The first-order chi connectivity index (χ1) is 4.66. The van der Waals surface area contributed by atoms with E-state index in [9.17, 15) is 0 Å². The molecule has 2 atom stereocenters. The van der Waals surface area contributed by atoms with Crippen molar-refractivity contribution in [1.82, 2.24) is 0 Å². The molecular formula is C8H19NO. The molecule has 0 aliphatic heterocycles. The molecule has 0 aliphatic rings. The summed E-state index contributed by atoms with van der Waals surface area (Å²) in [4.78, 5) is 0. The molecule has 0 bridgehead atoms. The molecule has 0 fully saturated rings. The van der Waals surface area contributed by atoms with Gasteiger partial charge in [-0.05, 0) is 25.7 Å². The number of hydrogen-bond donors (Lipinski definition) is 1. The van der Waals surface area contributed by atoms with Crippen LogP contribution in [0.3, 0.4) is 0 Å². The van der Waals surface area contributed by atoms with E-state index in [1.165, 1.54) is 6.42 Å². The predicted molar refractivity (Wildman–Crippen MR) is 43.9 cm³/mol. The van der Waals surface area contributed by atoms with Crippen molar-refractivity contribution in [2.45, 2.75) is 32.7 Å². The smallest absolute Gasteiger partial charge is 0.0487 e. The van der Waals surface area contributed by atoms with Crippen LogP contribution in [-0.4, -0.2) is 19.8 Å². The Morgan fingerprint density at radius 1 is 1.30 bits per heavy atom. The molecule has 2 unspecified atom stereocenters. The van der Waals surface area contributed by atoms with Crippen molar-refractivity contribution in [3.8, 4) is 0 Å². The first kappa shape index (κ1) is 9.92. The summed E-state index contributed by atoms with van der Waals surface area (Å²) in [5.41, 5.74) is 5.60. The minimum absolute atomic E-state index is 0.333. The highest BCUT2D eigenvalue weighted by molar-refractivity contribution is 4.57. The van der Waals surface area contributed by atoms with E-state index in [2.05, 4.69) is 6.92 Å². The Balaban J connectivity index is 3.12. The second-order valence-corrected chi connectivity index (χ2v) is 3.12. The third kappa shape index (κ3) is 6.05. The summed E-state index contributed by atoms with van der Waals surface area (Å²) in [5, 5.41) is 0. The van der Waals surface area contributed by atoms with Crippen LogP contribution in [0.1, 0.15) is 26.7 Å². The molecule has 0 aromatic rings. The lowest BCUT2D eigenvalue weighted by Crippen LogP contribution is -2.16. The van der Waals surface area contributed by atoms with E-state index in [0.717, 1.165) is 13.0 Å². The van der Waals surface area contributed by atoms with Crippen molar-refractivity contribution in [2.75, 3.05) is 13.7 Å². The highest BCUT2D eigenvalue weighted by atomic mass is 16.5. The SMILES string of the molecule is COCC(C)CCC(C)N. The maximum Gasteiger partial charge on any atom is 0.0487 e. The molecule has 0 rings (SSSR count). The lowest BCUT2D eigenvalue weighted by molar-refractivity contribution is 0.154. The summed E-state index contributed by atoms with van der Waals surface area (Å²) in [6.07, 6.45) is 2.27. The van der Waals surface area contributed by atoms with Crippen molar-refractivity contribution < 1.29 is 4.74 Å². The maximum absolute atomic E-state index is 5.60. The van der Waals surface area contributed by atoms with Gasteiger partial charge >= 0.3 is 0 Å². The van der Waals surface area contributed by atoms with Gasteiger partial charge in [-0.2, -0.15) is 0 Å². The van der Waals surface area contributed by atoms with E-state index in [1.807, 2.05) is 6.92 Å². The van der Waals surface area contributed by atoms with Crippen LogP contribution in [0, 0.1) is 5.92 Å². The average molecular weight is 145 g/mol. The van der Waals surface area contributed by atoms with Gasteiger partial charge in [-0.25, -0.2) is 0 Å². The molecule has 10 heavy (non-hydrogen) atoms. The zero-order valence-corrected chi connectivity index (χ0v) is 7.26. The fourth-order valence-corrected chi connectivity index (χ4v) is 0.915. The lowest BCUT2D eigenvalue weighted by Gasteiger charge is -2.10. The van der Waals surface area contributed by atoms with Gasteiger partial charge in [-0.15, -0.1) is 0 Å². The third-order valence-corrected chi connectivity index (χ3v) is 1.57. The summed E-state index contributed by atoms with van der Waals surface area (Å²) < 4.78 is 5.00. The molecule has 0 saturated carbocycles. The largest absolute Gasteiger partial charge is 0.384 e. The summed E-state index contributed by atoms with van der Waals surface area (Å²) in [7, 11) is 1.74. The zero-order chi connectivity index (χ0) is 7.98. The molecule has 0 saturated heterocycles. The van der Waals surface area contributed by atoms with Gasteiger partial charge in [0.15, 0.2) is 0 Å². The summed E-state index contributed by atoms with van der Waals surface area (Å²) in [5.74, 6) is 0.649. The Hall–Kier alpha value is -0.0800. The lowest BCUT2D eigenvalue weighted by atomic mass is 10.0. The van der Waals surface area contributed by atoms with Gasteiger partial charge < -0.3 is 10.5 Å². The molecule has 62 valence electrons. The van der Waals surface area contributed by atoms with Crippen molar-refractivity contribution in [1.29, 1.82) is 0 Å². The average Bonchev–Trinajstić information content (AvgIpc) is 1.85. The highest BCUT2D eigenvalue weighted by Crippen LogP contribution is 2.06. The van der Waals surface area contributed by atoms with E-state index < -0.39 is 0 Å². The zero-order valence-electron chi connectivity index (χ0n) is 7.26. The highest BCUT2D eigenvalue weighted by Gasteiger charge is 2.02. The minimum atomic E-state index is 0.333. The van der Waals surface area contributed by atoms with Crippen LogP contribution in [-0.2, 0) is 4.74 Å². The number of ether oxygens (including phenoxy) is 1. The number of nitrogens with two attached hydrogens (primary N) is 1. The van der Waals surface area contributed by atoms with E-state index >= 15 is 0 Å². The second-order valence-electron chi connectivity index (χ2n) is 3.12. The van der Waals surface area contributed by atoms with Crippen molar-refractivity contribution in [3.05, 3.63) is 0 Å². The van der Waals surface area contributed by atoms with Gasteiger partial charge in [-0.1, -0.05) is 6.92 Å². The predicted octanol–water partition coefficient (Wildman–Crippen LogP) is 1.40.